The summed E-state index contributed by atoms with van der Waals surface area (Å²) in [5.74, 6) is 0. The van der Waals surface area contributed by atoms with E-state index in [1.165, 1.54) is 22.2 Å². The van der Waals surface area contributed by atoms with E-state index in [0.717, 1.165) is 31.5 Å². The molecule has 0 radical (unpaired) electrons. The quantitative estimate of drug-likeness (QED) is 0.717. The summed E-state index contributed by atoms with van der Waals surface area (Å²) in [6.45, 7) is 2.40. The maximum atomic E-state index is 13.4. The summed E-state index contributed by atoms with van der Waals surface area (Å²) in [4.78, 5) is 0.243. The molecule has 5 rings (SSSR count). The first kappa shape index (κ1) is 17.3. The lowest BCUT2D eigenvalue weighted by Gasteiger charge is -2.26. The second-order valence-corrected chi connectivity index (χ2v) is 10.0. The van der Waals surface area contributed by atoms with Crippen LogP contribution in [0.4, 0.5) is 0 Å². The van der Waals surface area contributed by atoms with E-state index in [2.05, 4.69) is 28.1 Å². The fraction of sp³-hybridized carbons (Fsp3) is 0.333. The number of halogens is 1. The summed E-state index contributed by atoms with van der Waals surface area (Å²) < 4.78 is 29.0. The van der Waals surface area contributed by atoms with Crippen molar-refractivity contribution in [1.82, 2.24) is 9.88 Å². The molecule has 3 heterocycles. The van der Waals surface area contributed by atoms with E-state index in [1.54, 1.807) is 24.3 Å². The molecule has 0 fully saturated rings. The van der Waals surface area contributed by atoms with Crippen molar-refractivity contribution in [3.63, 3.8) is 0 Å². The van der Waals surface area contributed by atoms with Gasteiger partial charge in [-0.15, -0.1) is 0 Å². The lowest BCUT2D eigenvalue weighted by molar-refractivity contribution is 0.543. The van der Waals surface area contributed by atoms with Gasteiger partial charge in [0.2, 0.25) is 0 Å². The van der Waals surface area contributed by atoms with E-state index in [9.17, 15) is 8.42 Å². The molecule has 0 saturated carbocycles. The second-order valence-electron chi connectivity index (χ2n) is 7.40. The van der Waals surface area contributed by atoms with Gasteiger partial charge in [-0.1, -0.05) is 41.9 Å². The zero-order valence-corrected chi connectivity index (χ0v) is 16.5. The third-order valence-corrected chi connectivity index (χ3v) is 8.50. The molecule has 27 heavy (non-hydrogen) atoms. The van der Waals surface area contributed by atoms with E-state index in [4.69, 9.17) is 11.6 Å². The number of rotatable bonds is 2. The van der Waals surface area contributed by atoms with Crippen LogP contribution in [0.1, 0.15) is 16.8 Å². The van der Waals surface area contributed by atoms with Crippen molar-refractivity contribution in [2.75, 3.05) is 13.1 Å². The van der Waals surface area contributed by atoms with E-state index in [1.807, 2.05) is 0 Å². The highest BCUT2D eigenvalue weighted by Crippen LogP contribution is 2.37. The minimum Gasteiger partial charge on any atom is -0.343 e. The predicted octanol–water partition coefficient (Wildman–Crippen LogP) is 3.38. The number of benzene rings is 2. The Morgan fingerprint density at radius 1 is 1.04 bits per heavy atom. The number of sulfone groups is 1. The van der Waals surface area contributed by atoms with E-state index < -0.39 is 15.1 Å². The first-order valence-electron chi connectivity index (χ1n) is 9.38. The second kappa shape index (κ2) is 6.36. The lowest BCUT2D eigenvalue weighted by atomic mass is 10.0. The van der Waals surface area contributed by atoms with Gasteiger partial charge in [0, 0.05) is 30.6 Å². The molecule has 1 atom stereocenters. The molecule has 1 aromatic heterocycles. The van der Waals surface area contributed by atoms with Gasteiger partial charge >= 0.3 is 0 Å². The Morgan fingerprint density at radius 3 is 2.70 bits per heavy atom. The van der Waals surface area contributed by atoms with Gasteiger partial charge in [0.05, 0.1) is 20.7 Å². The Morgan fingerprint density at radius 2 is 1.85 bits per heavy atom. The highest BCUT2D eigenvalue weighted by atomic mass is 35.5. The highest BCUT2D eigenvalue weighted by molar-refractivity contribution is 7.92. The molecular weight excluding hydrogens is 380 g/mol. The van der Waals surface area contributed by atoms with Crippen molar-refractivity contribution in [2.45, 2.75) is 36.0 Å². The van der Waals surface area contributed by atoms with Crippen molar-refractivity contribution in [1.29, 1.82) is 0 Å². The Hall–Kier alpha value is -1.82. The molecule has 0 saturated heterocycles. The number of nitrogens with one attached hydrogen (secondary N) is 1. The average Bonchev–Trinajstić information content (AvgIpc) is 2.83. The van der Waals surface area contributed by atoms with Crippen LogP contribution in [0.25, 0.3) is 10.9 Å². The summed E-state index contributed by atoms with van der Waals surface area (Å²) in [6.07, 6.45) is 2.46. The van der Waals surface area contributed by atoms with Gasteiger partial charge in [0.15, 0.2) is 9.84 Å². The molecule has 2 aliphatic rings. The Balaban J connectivity index is 1.66. The number of hydrogen-bond acceptors (Lipinski definition) is 3. The van der Waals surface area contributed by atoms with Crippen LogP contribution in [0.15, 0.2) is 47.4 Å². The average molecular weight is 401 g/mol. The molecule has 0 amide bonds. The van der Waals surface area contributed by atoms with Crippen LogP contribution in [0.2, 0.25) is 5.02 Å². The van der Waals surface area contributed by atoms with Gasteiger partial charge < -0.3 is 9.88 Å². The number of para-hydroxylation sites is 1. The van der Waals surface area contributed by atoms with E-state index in [0.29, 0.717) is 18.0 Å². The Kier molecular flexibility index (Phi) is 4.08. The lowest BCUT2D eigenvalue weighted by Crippen LogP contribution is -2.33. The van der Waals surface area contributed by atoms with Crippen LogP contribution < -0.4 is 5.32 Å². The third kappa shape index (κ3) is 2.64. The van der Waals surface area contributed by atoms with Crippen LogP contribution in [-0.2, 0) is 35.6 Å². The molecule has 6 heteroatoms. The van der Waals surface area contributed by atoms with Gasteiger partial charge in [-0.2, -0.15) is 0 Å². The fourth-order valence-electron chi connectivity index (χ4n) is 4.66. The van der Waals surface area contributed by atoms with Crippen molar-refractivity contribution in [2.24, 2.45) is 0 Å². The normalized spacial score (nSPS) is 19.7. The summed E-state index contributed by atoms with van der Waals surface area (Å²) in [7, 11) is -3.51. The molecule has 3 aromatic rings. The minimum absolute atomic E-state index is 0.243. The first-order valence-corrected chi connectivity index (χ1v) is 11.3. The molecule has 2 aromatic carbocycles. The monoisotopic (exact) mass is 400 g/mol. The van der Waals surface area contributed by atoms with Gasteiger partial charge in [-0.25, -0.2) is 8.42 Å². The topological polar surface area (TPSA) is 51.1 Å². The SMILES string of the molecule is O=S(=O)(c1ccccc1Cl)C1Cc2cccc3c4c(n(c23)C1)CCNCC4. The van der Waals surface area contributed by atoms with Gasteiger partial charge in [-0.3, -0.25) is 0 Å². The molecule has 1 N–H and O–H groups in total. The zero-order valence-electron chi connectivity index (χ0n) is 14.9. The van der Waals surface area contributed by atoms with Crippen molar-refractivity contribution in [3.05, 3.63) is 64.3 Å². The standard InChI is InChI=1S/C21H21ClN2O2S/c22-18-6-1-2-7-20(18)27(25,26)15-12-14-4-3-5-17-16-8-10-23-11-9-19(16)24(13-15)21(14)17/h1-7,15,23H,8-13H2. The molecule has 2 aliphatic heterocycles. The zero-order chi connectivity index (χ0) is 18.6. The smallest absolute Gasteiger partial charge is 0.184 e. The molecular formula is C21H21ClN2O2S. The summed E-state index contributed by atoms with van der Waals surface area (Å²) in [6, 6.07) is 13.1. The van der Waals surface area contributed by atoms with Crippen molar-refractivity contribution in [3.8, 4) is 0 Å². The molecule has 140 valence electrons. The molecule has 4 nitrogen and oxygen atoms in total. The van der Waals surface area contributed by atoms with Gasteiger partial charge in [-0.05, 0) is 42.6 Å². The number of nitrogens with zero attached hydrogens (tertiary/aromatic N) is 1. The fourth-order valence-corrected chi connectivity index (χ4v) is 6.83. The summed E-state index contributed by atoms with van der Waals surface area (Å²) in [5, 5.41) is 4.55. The summed E-state index contributed by atoms with van der Waals surface area (Å²) in [5.41, 5.74) is 5.03. The van der Waals surface area contributed by atoms with Crippen LogP contribution in [0.5, 0.6) is 0 Å². The van der Waals surface area contributed by atoms with Crippen LogP contribution >= 0.6 is 11.6 Å². The number of fused-ring (bicyclic) bond motifs is 3. The Bertz CT molecular complexity index is 1150. The van der Waals surface area contributed by atoms with Crippen LogP contribution in [0.3, 0.4) is 0 Å². The maximum Gasteiger partial charge on any atom is 0.184 e. The van der Waals surface area contributed by atoms with E-state index in [-0.39, 0.29) is 4.90 Å². The molecule has 0 aliphatic carbocycles. The first-order chi connectivity index (χ1) is 13.1. The maximum absolute atomic E-state index is 13.4. The highest BCUT2D eigenvalue weighted by Gasteiger charge is 2.35. The van der Waals surface area contributed by atoms with Crippen molar-refractivity contribution < 1.29 is 8.42 Å². The Labute approximate surface area is 164 Å². The van der Waals surface area contributed by atoms with E-state index >= 15 is 0 Å². The molecule has 0 spiro atoms. The van der Waals surface area contributed by atoms with Gasteiger partial charge in [0.25, 0.3) is 0 Å². The number of hydrogen-bond donors (Lipinski definition) is 1. The number of aromatic nitrogens is 1. The third-order valence-electron chi connectivity index (χ3n) is 5.89. The predicted molar refractivity (Wildman–Crippen MR) is 108 cm³/mol. The largest absolute Gasteiger partial charge is 0.343 e. The molecule has 1 unspecified atom stereocenters. The van der Waals surface area contributed by atoms with Crippen LogP contribution in [-0.4, -0.2) is 31.3 Å². The molecule has 0 bridgehead atoms. The van der Waals surface area contributed by atoms with Crippen molar-refractivity contribution >= 4 is 32.3 Å². The van der Waals surface area contributed by atoms with Gasteiger partial charge in [0.1, 0.15) is 0 Å². The van der Waals surface area contributed by atoms with Crippen LogP contribution in [0, 0.1) is 0 Å². The summed E-state index contributed by atoms with van der Waals surface area (Å²) >= 11 is 6.23. The minimum atomic E-state index is -3.51.